The smallest absolute Gasteiger partial charge is 0.0469 e. The van der Waals surface area contributed by atoms with E-state index in [9.17, 15) is 0 Å². The molecule has 0 amide bonds. The van der Waals surface area contributed by atoms with Gasteiger partial charge < -0.3 is 15.0 Å². The largest absolute Gasteiger partial charge is 0.381 e. The van der Waals surface area contributed by atoms with Crippen LogP contribution in [0.4, 0.5) is 0 Å². The van der Waals surface area contributed by atoms with Gasteiger partial charge in [0.1, 0.15) is 0 Å². The SMILES string of the molecule is CCCNC1CCC(CC)CC1N(C)CC1CCOCC1. The van der Waals surface area contributed by atoms with Crippen LogP contribution in [-0.4, -0.2) is 50.3 Å². The molecule has 1 heterocycles. The molecular formula is C18H36N2O. The van der Waals surface area contributed by atoms with E-state index in [1.165, 1.54) is 58.0 Å². The fourth-order valence-corrected chi connectivity index (χ4v) is 4.13. The van der Waals surface area contributed by atoms with Crippen LogP contribution in [0.2, 0.25) is 0 Å². The second-order valence-corrected chi connectivity index (χ2v) is 7.21. The summed E-state index contributed by atoms with van der Waals surface area (Å²) in [7, 11) is 2.36. The molecule has 1 saturated heterocycles. The Morgan fingerprint density at radius 1 is 1.05 bits per heavy atom. The molecule has 3 atom stereocenters. The minimum Gasteiger partial charge on any atom is -0.381 e. The van der Waals surface area contributed by atoms with E-state index in [2.05, 4.69) is 31.1 Å². The van der Waals surface area contributed by atoms with Gasteiger partial charge in [-0.15, -0.1) is 0 Å². The summed E-state index contributed by atoms with van der Waals surface area (Å²) in [5, 5.41) is 3.82. The Hall–Kier alpha value is -0.120. The summed E-state index contributed by atoms with van der Waals surface area (Å²) in [6, 6.07) is 1.44. The highest BCUT2D eigenvalue weighted by atomic mass is 16.5. The van der Waals surface area contributed by atoms with Gasteiger partial charge in [0.2, 0.25) is 0 Å². The molecule has 0 aromatic carbocycles. The molecule has 3 heteroatoms. The van der Waals surface area contributed by atoms with Crippen LogP contribution in [0, 0.1) is 11.8 Å². The summed E-state index contributed by atoms with van der Waals surface area (Å²) in [5.74, 6) is 1.78. The Morgan fingerprint density at radius 2 is 1.81 bits per heavy atom. The van der Waals surface area contributed by atoms with E-state index in [0.717, 1.165) is 31.1 Å². The molecule has 0 bridgehead atoms. The first kappa shape index (κ1) is 17.2. The third-order valence-corrected chi connectivity index (χ3v) is 5.61. The number of ether oxygens (including phenoxy) is 1. The maximum Gasteiger partial charge on any atom is 0.0469 e. The second-order valence-electron chi connectivity index (χ2n) is 7.21. The van der Waals surface area contributed by atoms with E-state index in [1.807, 2.05) is 0 Å². The van der Waals surface area contributed by atoms with Gasteiger partial charge in [-0.2, -0.15) is 0 Å². The van der Waals surface area contributed by atoms with Gasteiger partial charge in [0.25, 0.3) is 0 Å². The summed E-state index contributed by atoms with van der Waals surface area (Å²) in [5.41, 5.74) is 0. The monoisotopic (exact) mass is 296 g/mol. The van der Waals surface area contributed by atoms with Crippen LogP contribution < -0.4 is 5.32 Å². The van der Waals surface area contributed by atoms with Crippen LogP contribution in [0.25, 0.3) is 0 Å². The molecule has 21 heavy (non-hydrogen) atoms. The van der Waals surface area contributed by atoms with Crippen LogP contribution >= 0.6 is 0 Å². The quantitative estimate of drug-likeness (QED) is 0.780. The summed E-state index contributed by atoms with van der Waals surface area (Å²) < 4.78 is 5.50. The highest BCUT2D eigenvalue weighted by molar-refractivity contribution is 4.90. The summed E-state index contributed by atoms with van der Waals surface area (Å²) in [6.45, 7) is 9.00. The zero-order chi connectivity index (χ0) is 15.1. The molecule has 2 aliphatic rings. The molecule has 0 radical (unpaired) electrons. The van der Waals surface area contributed by atoms with Gasteiger partial charge in [0, 0.05) is 31.8 Å². The molecule has 3 unspecified atom stereocenters. The fourth-order valence-electron chi connectivity index (χ4n) is 4.13. The van der Waals surface area contributed by atoms with Crippen LogP contribution in [0.1, 0.15) is 58.8 Å². The van der Waals surface area contributed by atoms with Gasteiger partial charge in [-0.25, -0.2) is 0 Å². The zero-order valence-electron chi connectivity index (χ0n) is 14.4. The predicted molar refractivity (Wildman–Crippen MR) is 89.7 cm³/mol. The maximum atomic E-state index is 5.50. The standard InChI is InChI=1S/C18H36N2O/c1-4-10-19-17-7-6-15(5-2)13-18(17)20(3)14-16-8-11-21-12-9-16/h15-19H,4-14H2,1-3H3. The number of hydrogen-bond acceptors (Lipinski definition) is 3. The lowest BCUT2D eigenvalue weighted by atomic mass is 9.80. The first-order chi connectivity index (χ1) is 10.2. The molecule has 0 aromatic rings. The molecule has 0 spiro atoms. The van der Waals surface area contributed by atoms with Gasteiger partial charge >= 0.3 is 0 Å². The van der Waals surface area contributed by atoms with E-state index in [1.54, 1.807) is 0 Å². The van der Waals surface area contributed by atoms with Crippen molar-refractivity contribution in [2.45, 2.75) is 70.9 Å². The van der Waals surface area contributed by atoms with Crippen molar-refractivity contribution in [3.8, 4) is 0 Å². The van der Waals surface area contributed by atoms with Crippen LogP contribution in [0.5, 0.6) is 0 Å². The lowest BCUT2D eigenvalue weighted by molar-refractivity contribution is 0.0387. The maximum absolute atomic E-state index is 5.50. The first-order valence-electron chi connectivity index (χ1n) is 9.25. The highest BCUT2D eigenvalue weighted by Gasteiger charge is 2.32. The molecule has 1 aliphatic heterocycles. The molecule has 2 rings (SSSR count). The van der Waals surface area contributed by atoms with Crippen molar-refractivity contribution in [2.24, 2.45) is 11.8 Å². The average Bonchev–Trinajstić information content (AvgIpc) is 2.53. The Balaban J connectivity index is 1.89. The molecule has 3 nitrogen and oxygen atoms in total. The lowest BCUT2D eigenvalue weighted by Gasteiger charge is -2.43. The molecule has 0 aromatic heterocycles. The Kier molecular flexibility index (Phi) is 7.48. The topological polar surface area (TPSA) is 24.5 Å². The van der Waals surface area contributed by atoms with Gasteiger partial charge in [0.15, 0.2) is 0 Å². The second kappa shape index (κ2) is 9.12. The fraction of sp³-hybridized carbons (Fsp3) is 1.00. The normalized spacial score (nSPS) is 31.7. The molecule has 124 valence electrons. The minimum absolute atomic E-state index is 0.706. The zero-order valence-corrected chi connectivity index (χ0v) is 14.4. The van der Waals surface area contributed by atoms with Crippen LogP contribution in [-0.2, 0) is 4.74 Å². The van der Waals surface area contributed by atoms with Crippen LogP contribution in [0.15, 0.2) is 0 Å². The Labute approximate surface area is 131 Å². The molecule has 1 aliphatic carbocycles. The Bertz CT molecular complexity index is 278. The Morgan fingerprint density at radius 3 is 2.48 bits per heavy atom. The van der Waals surface area contributed by atoms with Gasteiger partial charge in [-0.05, 0) is 64.0 Å². The summed E-state index contributed by atoms with van der Waals surface area (Å²) in [6.07, 6.45) is 9.26. The summed E-state index contributed by atoms with van der Waals surface area (Å²) in [4.78, 5) is 2.67. The number of hydrogen-bond donors (Lipinski definition) is 1. The lowest BCUT2D eigenvalue weighted by Crippen LogP contribution is -2.53. The first-order valence-corrected chi connectivity index (χ1v) is 9.25. The van der Waals surface area contributed by atoms with Crippen molar-refractivity contribution in [2.75, 3.05) is 33.4 Å². The number of likely N-dealkylation sites (N-methyl/N-ethyl adjacent to an activating group) is 1. The molecule has 1 N–H and O–H groups in total. The van der Waals surface area contributed by atoms with E-state index >= 15 is 0 Å². The predicted octanol–water partition coefficient (Wildman–Crippen LogP) is 3.29. The van der Waals surface area contributed by atoms with Crippen molar-refractivity contribution in [1.82, 2.24) is 10.2 Å². The number of rotatable bonds is 7. The molecule has 1 saturated carbocycles. The van der Waals surface area contributed by atoms with Gasteiger partial charge in [-0.1, -0.05) is 20.3 Å². The highest BCUT2D eigenvalue weighted by Crippen LogP contribution is 2.30. The molecule has 2 fully saturated rings. The van der Waals surface area contributed by atoms with Gasteiger partial charge in [0.05, 0.1) is 0 Å². The van der Waals surface area contributed by atoms with Crippen molar-refractivity contribution < 1.29 is 4.74 Å². The van der Waals surface area contributed by atoms with E-state index in [4.69, 9.17) is 4.74 Å². The third kappa shape index (κ3) is 5.22. The van der Waals surface area contributed by atoms with Crippen LogP contribution in [0.3, 0.4) is 0 Å². The molecular weight excluding hydrogens is 260 g/mol. The van der Waals surface area contributed by atoms with Crippen molar-refractivity contribution in [3.05, 3.63) is 0 Å². The minimum atomic E-state index is 0.706. The van der Waals surface area contributed by atoms with Crippen molar-refractivity contribution in [3.63, 3.8) is 0 Å². The summed E-state index contributed by atoms with van der Waals surface area (Å²) >= 11 is 0. The average molecular weight is 296 g/mol. The van der Waals surface area contributed by atoms with E-state index in [-0.39, 0.29) is 0 Å². The van der Waals surface area contributed by atoms with E-state index in [0.29, 0.717) is 6.04 Å². The van der Waals surface area contributed by atoms with Crippen molar-refractivity contribution >= 4 is 0 Å². The van der Waals surface area contributed by atoms with Gasteiger partial charge in [-0.3, -0.25) is 0 Å². The van der Waals surface area contributed by atoms with Crippen molar-refractivity contribution in [1.29, 1.82) is 0 Å². The number of nitrogens with zero attached hydrogens (tertiary/aromatic N) is 1. The number of nitrogens with one attached hydrogen (secondary N) is 1. The van der Waals surface area contributed by atoms with E-state index < -0.39 is 0 Å². The third-order valence-electron chi connectivity index (χ3n) is 5.61.